The molecule has 7 nitrogen and oxygen atoms in total. The van der Waals surface area contributed by atoms with E-state index in [0.29, 0.717) is 24.5 Å². The third kappa shape index (κ3) is 3.82. The first-order valence-electron chi connectivity index (χ1n) is 7.58. The molecule has 1 atom stereocenters. The van der Waals surface area contributed by atoms with Crippen LogP contribution < -0.4 is 5.32 Å². The van der Waals surface area contributed by atoms with Crippen molar-refractivity contribution in [3.8, 4) is 10.8 Å². The number of hydrogen-bond acceptors (Lipinski definition) is 6. The smallest absolute Gasteiger partial charge is 0.305 e. The summed E-state index contributed by atoms with van der Waals surface area (Å²) in [4.78, 5) is 27.7. The van der Waals surface area contributed by atoms with Crippen molar-refractivity contribution in [1.82, 2.24) is 10.3 Å². The number of amides is 1. The van der Waals surface area contributed by atoms with Crippen molar-refractivity contribution in [2.24, 2.45) is 0 Å². The number of carbonyl (C=O) groups excluding carboxylic acids is 1. The van der Waals surface area contributed by atoms with E-state index in [9.17, 15) is 9.59 Å². The summed E-state index contributed by atoms with van der Waals surface area (Å²) in [7, 11) is 0. The Bertz CT molecular complexity index is 745. The van der Waals surface area contributed by atoms with Gasteiger partial charge in [-0.25, -0.2) is 4.98 Å². The van der Waals surface area contributed by atoms with E-state index in [0.717, 1.165) is 10.8 Å². The van der Waals surface area contributed by atoms with Crippen LogP contribution in [0, 0.1) is 6.92 Å². The number of carboxylic acid groups (broad SMARTS) is 1. The quantitative estimate of drug-likeness (QED) is 0.826. The van der Waals surface area contributed by atoms with E-state index < -0.39 is 11.5 Å². The van der Waals surface area contributed by atoms with E-state index in [4.69, 9.17) is 14.3 Å². The van der Waals surface area contributed by atoms with E-state index in [1.165, 1.54) is 11.3 Å². The van der Waals surface area contributed by atoms with Crippen molar-refractivity contribution in [2.45, 2.75) is 31.7 Å². The van der Waals surface area contributed by atoms with Crippen molar-refractivity contribution in [3.05, 3.63) is 29.0 Å². The molecule has 0 aliphatic carbocycles. The fourth-order valence-electron chi connectivity index (χ4n) is 2.73. The van der Waals surface area contributed by atoms with Gasteiger partial charge in [-0.05, 0) is 25.5 Å². The van der Waals surface area contributed by atoms with Gasteiger partial charge in [0.25, 0.3) is 0 Å². The number of carbonyl (C=O) groups is 2. The molecule has 3 heterocycles. The number of nitrogens with zero attached hydrogens (tertiary/aromatic N) is 1. The number of hydrogen-bond donors (Lipinski definition) is 2. The maximum atomic E-state index is 12.3. The van der Waals surface area contributed by atoms with Gasteiger partial charge < -0.3 is 19.6 Å². The van der Waals surface area contributed by atoms with E-state index in [-0.39, 0.29) is 25.4 Å². The third-order valence-corrected chi connectivity index (χ3v) is 4.75. The summed E-state index contributed by atoms with van der Waals surface area (Å²) in [5, 5.41) is 14.4. The standard InChI is InChI=1S/C16H18N2O5S/c1-10-2-3-12(23-10)15-17-11(8-24-15)6-13(19)18-16(7-14(20)21)4-5-22-9-16/h2-3,8H,4-7,9H2,1H3,(H,18,19)(H,20,21). The van der Waals surface area contributed by atoms with Crippen LogP contribution in [-0.4, -0.2) is 40.7 Å². The first-order chi connectivity index (χ1) is 11.5. The lowest BCUT2D eigenvalue weighted by Gasteiger charge is -2.26. The highest BCUT2D eigenvalue weighted by molar-refractivity contribution is 7.13. The second-order valence-corrected chi connectivity index (χ2v) is 6.79. The maximum absolute atomic E-state index is 12.3. The highest BCUT2D eigenvalue weighted by Gasteiger charge is 2.38. The van der Waals surface area contributed by atoms with Gasteiger partial charge in [0.1, 0.15) is 5.76 Å². The van der Waals surface area contributed by atoms with Gasteiger partial charge in [-0.1, -0.05) is 0 Å². The molecule has 2 aromatic heterocycles. The minimum absolute atomic E-state index is 0.0948. The Morgan fingerprint density at radius 3 is 2.92 bits per heavy atom. The molecule has 0 spiro atoms. The van der Waals surface area contributed by atoms with Gasteiger partial charge in [-0.2, -0.15) is 0 Å². The third-order valence-electron chi connectivity index (χ3n) is 3.84. The number of ether oxygens (including phenoxy) is 1. The summed E-state index contributed by atoms with van der Waals surface area (Å²) in [5.41, 5.74) is -0.189. The minimum Gasteiger partial charge on any atom is -0.481 e. The van der Waals surface area contributed by atoms with E-state index >= 15 is 0 Å². The van der Waals surface area contributed by atoms with Crippen LogP contribution >= 0.6 is 11.3 Å². The van der Waals surface area contributed by atoms with Gasteiger partial charge in [0, 0.05) is 12.0 Å². The number of aliphatic carboxylic acids is 1. The van der Waals surface area contributed by atoms with E-state index in [1.54, 1.807) is 0 Å². The van der Waals surface area contributed by atoms with Crippen LogP contribution in [0.25, 0.3) is 10.8 Å². The molecule has 1 amide bonds. The Kier molecular flexibility index (Phi) is 4.68. The number of furan rings is 1. The molecule has 1 saturated heterocycles. The first-order valence-corrected chi connectivity index (χ1v) is 8.45. The van der Waals surface area contributed by atoms with Gasteiger partial charge in [0.05, 0.1) is 30.7 Å². The minimum atomic E-state index is -0.954. The zero-order valence-corrected chi connectivity index (χ0v) is 14.0. The summed E-state index contributed by atoms with van der Waals surface area (Å²) >= 11 is 1.41. The number of nitrogens with one attached hydrogen (secondary N) is 1. The zero-order valence-electron chi connectivity index (χ0n) is 13.2. The molecule has 0 radical (unpaired) electrons. The number of aryl methyl sites for hydroxylation is 1. The van der Waals surface area contributed by atoms with Crippen LogP contribution in [0.1, 0.15) is 24.3 Å². The van der Waals surface area contributed by atoms with Crippen LogP contribution in [0.2, 0.25) is 0 Å². The topological polar surface area (TPSA) is 102 Å². The number of carboxylic acids is 1. The Morgan fingerprint density at radius 2 is 2.29 bits per heavy atom. The fraction of sp³-hybridized carbons (Fsp3) is 0.438. The molecule has 3 rings (SSSR count). The maximum Gasteiger partial charge on any atom is 0.305 e. The molecule has 2 aromatic rings. The first kappa shape index (κ1) is 16.7. The van der Waals surface area contributed by atoms with Crippen LogP contribution in [-0.2, 0) is 20.7 Å². The molecule has 1 aliphatic heterocycles. The summed E-state index contributed by atoms with van der Waals surface area (Å²) in [6.07, 6.45) is 0.448. The average Bonchev–Trinajstić information content (AvgIpc) is 3.20. The predicted octanol–water partition coefficient (Wildman–Crippen LogP) is 2.00. The lowest BCUT2D eigenvalue weighted by molar-refractivity contribution is -0.139. The number of aromatic nitrogens is 1. The SMILES string of the molecule is Cc1ccc(-c2nc(CC(=O)NC3(CC(=O)O)CCOC3)cs2)o1. The molecule has 1 fully saturated rings. The van der Waals surface area contributed by atoms with Crippen molar-refractivity contribution >= 4 is 23.2 Å². The second kappa shape index (κ2) is 6.74. The predicted molar refractivity (Wildman–Crippen MR) is 86.8 cm³/mol. The van der Waals surface area contributed by atoms with Gasteiger partial charge >= 0.3 is 5.97 Å². The largest absolute Gasteiger partial charge is 0.481 e. The van der Waals surface area contributed by atoms with Crippen LogP contribution in [0.4, 0.5) is 0 Å². The summed E-state index contributed by atoms with van der Waals surface area (Å²) in [6, 6.07) is 3.70. The number of rotatable bonds is 6. The molecule has 24 heavy (non-hydrogen) atoms. The highest BCUT2D eigenvalue weighted by atomic mass is 32.1. The van der Waals surface area contributed by atoms with Gasteiger partial charge in [0.2, 0.25) is 5.91 Å². The van der Waals surface area contributed by atoms with Crippen LogP contribution in [0.3, 0.4) is 0 Å². The van der Waals surface area contributed by atoms with Crippen molar-refractivity contribution in [3.63, 3.8) is 0 Å². The summed E-state index contributed by atoms with van der Waals surface area (Å²) < 4.78 is 10.8. The zero-order chi connectivity index (χ0) is 17.2. The van der Waals surface area contributed by atoms with Crippen LogP contribution in [0.5, 0.6) is 0 Å². The summed E-state index contributed by atoms with van der Waals surface area (Å²) in [5.74, 6) is 0.270. The van der Waals surface area contributed by atoms with Gasteiger partial charge in [-0.15, -0.1) is 11.3 Å². The average molecular weight is 350 g/mol. The van der Waals surface area contributed by atoms with Crippen LogP contribution in [0.15, 0.2) is 21.9 Å². The molecule has 1 unspecified atom stereocenters. The monoisotopic (exact) mass is 350 g/mol. The molecule has 0 bridgehead atoms. The van der Waals surface area contributed by atoms with Gasteiger partial charge in [0.15, 0.2) is 10.8 Å². The second-order valence-electron chi connectivity index (χ2n) is 5.93. The van der Waals surface area contributed by atoms with Crippen molar-refractivity contribution in [1.29, 1.82) is 0 Å². The molecule has 8 heteroatoms. The number of thiazole rings is 1. The Hall–Kier alpha value is -2.19. The van der Waals surface area contributed by atoms with Crippen molar-refractivity contribution < 1.29 is 23.8 Å². The molecule has 128 valence electrons. The van der Waals surface area contributed by atoms with E-state index in [1.807, 2.05) is 24.4 Å². The molecule has 1 aliphatic rings. The lowest BCUT2D eigenvalue weighted by atomic mass is 9.94. The Labute approximate surface area is 142 Å². The Balaban J connectivity index is 1.64. The molecule has 2 N–H and O–H groups in total. The van der Waals surface area contributed by atoms with Crippen molar-refractivity contribution in [2.75, 3.05) is 13.2 Å². The lowest BCUT2D eigenvalue weighted by Crippen LogP contribution is -2.51. The normalized spacial score (nSPS) is 20.2. The fourth-order valence-corrected chi connectivity index (χ4v) is 3.51. The van der Waals surface area contributed by atoms with Gasteiger partial charge in [-0.3, -0.25) is 9.59 Å². The molecular weight excluding hydrogens is 332 g/mol. The molecular formula is C16H18N2O5S. The summed E-state index contributed by atoms with van der Waals surface area (Å²) in [6.45, 7) is 2.53. The molecule has 0 saturated carbocycles. The molecule has 0 aromatic carbocycles. The van der Waals surface area contributed by atoms with E-state index in [2.05, 4.69) is 10.3 Å². The highest BCUT2D eigenvalue weighted by Crippen LogP contribution is 2.26. The Morgan fingerprint density at radius 1 is 1.46 bits per heavy atom.